The summed E-state index contributed by atoms with van der Waals surface area (Å²) in [6.07, 6.45) is 9.63. The highest BCUT2D eigenvalue weighted by Gasteiger charge is 2.60. The molecule has 7 nitrogen and oxygen atoms in total. The monoisotopic (exact) mass is 448 g/mol. The van der Waals surface area contributed by atoms with Crippen molar-refractivity contribution in [2.75, 3.05) is 26.7 Å². The zero-order valence-corrected chi connectivity index (χ0v) is 19.6. The Morgan fingerprint density at radius 1 is 1.27 bits per heavy atom. The minimum absolute atomic E-state index is 0.0997. The van der Waals surface area contributed by atoms with Gasteiger partial charge in [0.2, 0.25) is 0 Å². The van der Waals surface area contributed by atoms with Gasteiger partial charge >= 0.3 is 6.03 Å². The lowest BCUT2D eigenvalue weighted by Gasteiger charge is -2.43. The third kappa shape index (κ3) is 3.37. The van der Waals surface area contributed by atoms with Crippen molar-refractivity contribution in [1.29, 1.82) is 0 Å². The highest BCUT2D eigenvalue weighted by Crippen LogP contribution is 2.49. The minimum atomic E-state index is -0.919. The van der Waals surface area contributed by atoms with E-state index in [2.05, 4.69) is 35.5 Å². The van der Waals surface area contributed by atoms with Gasteiger partial charge in [-0.25, -0.2) is 4.79 Å². The number of allylic oxidation sites excluding steroid dienone is 2. The predicted octanol–water partition coefficient (Wildman–Crippen LogP) is 4.07. The molecule has 3 amide bonds. The van der Waals surface area contributed by atoms with Crippen molar-refractivity contribution in [2.45, 2.75) is 51.1 Å². The summed E-state index contributed by atoms with van der Waals surface area (Å²) in [6, 6.07) is 5.47. The molecule has 1 saturated heterocycles. The summed E-state index contributed by atoms with van der Waals surface area (Å²) in [6.45, 7) is 6.07. The van der Waals surface area contributed by atoms with Crippen LogP contribution >= 0.6 is 0 Å². The van der Waals surface area contributed by atoms with Crippen LogP contribution in [0.2, 0.25) is 0 Å². The van der Waals surface area contributed by atoms with Crippen LogP contribution in [0.5, 0.6) is 5.75 Å². The molecule has 1 fully saturated rings. The van der Waals surface area contributed by atoms with Crippen LogP contribution in [0.15, 0.2) is 42.0 Å². The number of aromatic amines is 1. The minimum Gasteiger partial charge on any atom is -0.497 e. The number of imide groups is 1. The van der Waals surface area contributed by atoms with Gasteiger partial charge in [-0.3, -0.25) is 14.6 Å². The van der Waals surface area contributed by atoms with Gasteiger partial charge in [0.05, 0.1) is 13.2 Å². The Morgan fingerprint density at radius 3 is 2.85 bits per heavy atom. The molecule has 0 unspecified atom stereocenters. The molecule has 33 heavy (non-hydrogen) atoms. The summed E-state index contributed by atoms with van der Waals surface area (Å²) < 4.78 is 5.47. The number of hydrogen-bond acceptors (Lipinski definition) is 4. The summed E-state index contributed by atoms with van der Waals surface area (Å²) in [4.78, 5) is 34.3. The number of urea groups is 1. The number of carbonyl (C=O) groups is 2. The highest BCUT2D eigenvalue weighted by molar-refractivity contribution is 6.08. The van der Waals surface area contributed by atoms with Crippen LogP contribution in [0, 0.1) is 0 Å². The molecule has 1 aromatic heterocycles. The number of aromatic nitrogens is 1. The maximum Gasteiger partial charge on any atom is 0.328 e. The Morgan fingerprint density at radius 2 is 2.12 bits per heavy atom. The molecule has 5 rings (SSSR count). The summed E-state index contributed by atoms with van der Waals surface area (Å²) in [5.41, 5.74) is 3.25. The standard InChI is InChI=1S/C26H32N4O3/c1-4-27-13-8-14-29-24(31)26(2)16-20-19-15-18(33-3)11-12-21(19)28-22(20)23(30(26)25(29)32)17-9-6-5-7-10-17/h6,9-12,15,23,27-28H,4-5,7-8,13-14,16H2,1-3H3/t23-,26+/m1/s1. The molecule has 1 aromatic carbocycles. The SMILES string of the molecule is CCNCCCN1C(=O)N2[C@H](C3=CCCC=C3)c3[nH]c4ccc(OC)cc4c3C[C@@]2(C)C1=O. The van der Waals surface area contributed by atoms with E-state index in [9.17, 15) is 9.59 Å². The van der Waals surface area contributed by atoms with Crippen molar-refractivity contribution in [1.82, 2.24) is 20.1 Å². The van der Waals surface area contributed by atoms with Crippen molar-refractivity contribution in [2.24, 2.45) is 0 Å². The van der Waals surface area contributed by atoms with Crippen molar-refractivity contribution in [3.8, 4) is 5.75 Å². The van der Waals surface area contributed by atoms with E-state index in [-0.39, 0.29) is 18.0 Å². The van der Waals surface area contributed by atoms with Crippen molar-refractivity contribution in [3.05, 3.63) is 53.3 Å². The average molecular weight is 449 g/mol. The van der Waals surface area contributed by atoms with E-state index in [4.69, 9.17) is 4.74 Å². The molecule has 3 aliphatic rings. The number of benzene rings is 1. The van der Waals surface area contributed by atoms with Crippen LogP contribution in [0.4, 0.5) is 4.79 Å². The van der Waals surface area contributed by atoms with E-state index in [0.29, 0.717) is 13.0 Å². The number of nitrogens with one attached hydrogen (secondary N) is 2. The van der Waals surface area contributed by atoms with Gasteiger partial charge in [-0.15, -0.1) is 0 Å². The zero-order valence-electron chi connectivity index (χ0n) is 19.6. The molecule has 7 heteroatoms. The zero-order chi connectivity index (χ0) is 23.2. The number of amides is 3. The predicted molar refractivity (Wildman–Crippen MR) is 128 cm³/mol. The number of H-pyrrole nitrogens is 1. The van der Waals surface area contributed by atoms with Gasteiger partial charge in [-0.1, -0.05) is 25.2 Å². The molecule has 0 bridgehead atoms. The van der Waals surface area contributed by atoms with Crippen molar-refractivity contribution in [3.63, 3.8) is 0 Å². The molecule has 2 N–H and O–H groups in total. The van der Waals surface area contributed by atoms with Crippen LogP contribution in [0.25, 0.3) is 10.9 Å². The number of carbonyl (C=O) groups excluding carboxylic acids is 2. The van der Waals surface area contributed by atoms with E-state index in [1.165, 1.54) is 4.90 Å². The molecule has 0 saturated carbocycles. The first-order valence-electron chi connectivity index (χ1n) is 11.9. The van der Waals surface area contributed by atoms with Gasteiger partial charge in [0.25, 0.3) is 5.91 Å². The van der Waals surface area contributed by atoms with Crippen LogP contribution in [-0.4, -0.2) is 59.0 Å². The molecule has 174 valence electrons. The molecule has 2 aliphatic heterocycles. The number of nitrogens with zero attached hydrogens (tertiary/aromatic N) is 2. The fraction of sp³-hybridized carbons (Fsp3) is 0.462. The molecular weight excluding hydrogens is 416 g/mol. The second-order valence-corrected chi connectivity index (χ2v) is 9.28. The quantitative estimate of drug-likeness (QED) is 0.494. The van der Waals surface area contributed by atoms with E-state index in [0.717, 1.165) is 65.8 Å². The third-order valence-corrected chi connectivity index (χ3v) is 7.20. The smallest absolute Gasteiger partial charge is 0.328 e. The number of methoxy groups -OCH3 is 1. The molecule has 0 spiro atoms. The lowest BCUT2D eigenvalue weighted by molar-refractivity contribution is -0.133. The Bertz CT molecular complexity index is 1160. The highest BCUT2D eigenvalue weighted by atomic mass is 16.5. The van der Waals surface area contributed by atoms with E-state index in [1.807, 2.05) is 30.0 Å². The van der Waals surface area contributed by atoms with Gasteiger partial charge in [-0.05, 0) is 68.6 Å². The van der Waals surface area contributed by atoms with Crippen molar-refractivity contribution >= 4 is 22.8 Å². The molecular formula is C26H32N4O3. The molecule has 1 aliphatic carbocycles. The molecule has 2 aromatic rings. The Labute approximate surface area is 194 Å². The summed E-state index contributed by atoms with van der Waals surface area (Å²) in [7, 11) is 1.66. The number of fused-ring (bicyclic) bond motifs is 4. The van der Waals surface area contributed by atoms with Gasteiger partial charge in [0.1, 0.15) is 11.3 Å². The van der Waals surface area contributed by atoms with Gasteiger partial charge in [0, 0.05) is 29.6 Å². The normalized spacial score (nSPS) is 24.3. The first kappa shape index (κ1) is 21.8. The Balaban J connectivity index is 1.62. The van der Waals surface area contributed by atoms with Gasteiger partial charge < -0.3 is 15.0 Å². The van der Waals surface area contributed by atoms with Crippen LogP contribution in [0.3, 0.4) is 0 Å². The second-order valence-electron chi connectivity index (χ2n) is 9.28. The second kappa shape index (κ2) is 8.37. The summed E-state index contributed by atoms with van der Waals surface area (Å²) in [5, 5.41) is 4.33. The fourth-order valence-electron chi connectivity index (χ4n) is 5.54. The van der Waals surface area contributed by atoms with E-state index in [1.54, 1.807) is 7.11 Å². The molecule has 2 atom stereocenters. The van der Waals surface area contributed by atoms with E-state index >= 15 is 0 Å². The van der Waals surface area contributed by atoms with E-state index < -0.39 is 5.54 Å². The van der Waals surface area contributed by atoms with Crippen LogP contribution in [0.1, 0.15) is 50.4 Å². The Hall–Kier alpha value is -3.06. The fourth-order valence-corrected chi connectivity index (χ4v) is 5.54. The summed E-state index contributed by atoms with van der Waals surface area (Å²) in [5.74, 6) is 0.682. The summed E-state index contributed by atoms with van der Waals surface area (Å²) >= 11 is 0. The van der Waals surface area contributed by atoms with Gasteiger partial charge in [-0.2, -0.15) is 0 Å². The first-order valence-corrected chi connectivity index (χ1v) is 11.9. The maximum absolute atomic E-state index is 13.7. The number of hydrogen-bond donors (Lipinski definition) is 2. The maximum atomic E-state index is 13.7. The lowest BCUT2D eigenvalue weighted by atomic mass is 9.80. The lowest BCUT2D eigenvalue weighted by Crippen LogP contribution is -2.53. The third-order valence-electron chi connectivity index (χ3n) is 7.20. The molecule has 0 radical (unpaired) electrons. The number of ether oxygens (including phenoxy) is 1. The topological polar surface area (TPSA) is 77.7 Å². The Kier molecular flexibility index (Phi) is 5.52. The van der Waals surface area contributed by atoms with Crippen molar-refractivity contribution < 1.29 is 14.3 Å². The van der Waals surface area contributed by atoms with Crippen LogP contribution < -0.4 is 10.1 Å². The first-order chi connectivity index (χ1) is 16.0. The molecule has 3 heterocycles. The van der Waals surface area contributed by atoms with Crippen LogP contribution in [-0.2, 0) is 11.2 Å². The number of rotatable bonds is 7. The average Bonchev–Trinajstić information content (AvgIpc) is 3.28. The van der Waals surface area contributed by atoms with Gasteiger partial charge in [0.15, 0.2) is 0 Å². The largest absolute Gasteiger partial charge is 0.497 e.